The third kappa shape index (κ3) is 3.50. The van der Waals surface area contributed by atoms with Gasteiger partial charge in [-0.3, -0.25) is 0 Å². The average Bonchev–Trinajstić information content (AvgIpc) is 1.98. The van der Waals surface area contributed by atoms with E-state index < -0.39 is 18.4 Å². The summed E-state index contributed by atoms with van der Waals surface area (Å²) >= 11 is 0. The fourth-order valence-corrected chi connectivity index (χ4v) is 0.593. The van der Waals surface area contributed by atoms with Crippen molar-refractivity contribution in [3.63, 3.8) is 0 Å². The summed E-state index contributed by atoms with van der Waals surface area (Å²) in [5.74, 6) is -0.602. The lowest BCUT2D eigenvalue weighted by Gasteiger charge is -2.17. The number of ether oxygens (including phenoxy) is 1. The van der Waals surface area contributed by atoms with E-state index in [1.807, 2.05) is 0 Å². The Labute approximate surface area is 71.5 Å². The van der Waals surface area contributed by atoms with Gasteiger partial charge in [0, 0.05) is 5.57 Å². The van der Waals surface area contributed by atoms with Gasteiger partial charge in [-0.25, -0.2) is 4.79 Å². The molecule has 0 saturated heterocycles. The highest BCUT2D eigenvalue weighted by Crippen LogP contribution is 2.05. The largest absolute Gasteiger partial charge is 0.454 e. The van der Waals surface area contributed by atoms with E-state index in [2.05, 4.69) is 11.3 Å². The highest BCUT2D eigenvalue weighted by molar-refractivity contribution is 5.87. The minimum atomic E-state index is -1.63. The molecule has 70 valence electrons. The topological polar surface area (TPSA) is 66.8 Å². The first-order chi connectivity index (χ1) is 5.49. The first kappa shape index (κ1) is 11.1. The molecule has 0 amide bonds. The minimum absolute atomic E-state index is 0.245. The normalized spacial score (nSPS) is 12.8. The minimum Gasteiger partial charge on any atom is -0.454 e. The van der Waals surface area contributed by atoms with Gasteiger partial charge in [0.1, 0.15) is 0 Å². The molecule has 12 heavy (non-hydrogen) atoms. The Hall–Kier alpha value is -0.870. The van der Waals surface area contributed by atoms with Crippen molar-refractivity contribution in [2.45, 2.75) is 32.7 Å². The van der Waals surface area contributed by atoms with Crippen molar-refractivity contribution in [2.24, 2.45) is 0 Å². The number of esters is 1. The molecule has 4 heteroatoms. The van der Waals surface area contributed by atoms with Crippen molar-refractivity contribution in [2.75, 3.05) is 0 Å². The molecule has 1 unspecified atom stereocenters. The van der Waals surface area contributed by atoms with E-state index in [0.29, 0.717) is 6.42 Å². The Morgan fingerprint density at radius 1 is 1.58 bits per heavy atom. The summed E-state index contributed by atoms with van der Waals surface area (Å²) in [5.41, 5.74) is 0.245. The van der Waals surface area contributed by atoms with Gasteiger partial charge in [-0.05, 0) is 13.3 Å². The SMILES string of the molecule is C=C(C)C(=O)OC(CC)C(O)O. The van der Waals surface area contributed by atoms with Gasteiger partial charge in [0.2, 0.25) is 0 Å². The summed E-state index contributed by atoms with van der Waals surface area (Å²) in [6.45, 7) is 6.55. The smallest absolute Gasteiger partial charge is 0.333 e. The molecule has 0 aromatic rings. The molecule has 0 aliphatic rings. The molecular weight excluding hydrogens is 160 g/mol. The van der Waals surface area contributed by atoms with E-state index in [-0.39, 0.29) is 5.57 Å². The molecule has 0 fully saturated rings. The zero-order valence-corrected chi connectivity index (χ0v) is 7.28. The molecule has 0 aromatic heterocycles. The molecule has 2 N–H and O–H groups in total. The van der Waals surface area contributed by atoms with Crippen LogP contribution in [0.2, 0.25) is 0 Å². The van der Waals surface area contributed by atoms with Crippen molar-refractivity contribution in [1.29, 1.82) is 0 Å². The van der Waals surface area contributed by atoms with Crippen LogP contribution in [0.25, 0.3) is 0 Å². The zero-order chi connectivity index (χ0) is 9.72. The Balaban J connectivity index is 4.03. The van der Waals surface area contributed by atoms with Crippen LogP contribution in [0.5, 0.6) is 0 Å². The molecule has 4 nitrogen and oxygen atoms in total. The van der Waals surface area contributed by atoms with Gasteiger partial charge in [-0.15, -0.1) is 0 Å². The Morgan fingerprint density at radius 2 is 2.08 bits per heavy atom. The van der Waals surface area contributed by atoms with Crippen LogP contribution in [-0.2, 0) is 9.53 Å². The summed E-state index contributed by atoms with van der Waals surface area (Å²) < 4.78 is 4.68. The molecule has 0 spiro atoms. The van der Waals surface area contributed by atoms with Crippen molar-refractivity contribution in [3.05, 3.63) is 12.2 Å². The Kier molecular flexibility index (Phi) is 4.54. The third-order valence-corrected chi connectivity index (χ3v) is 1.34. The fraction of sp³-hybridized carbons (Fsp3) is 0.625. The molecule has 0 aliphatic carbocycles. The zero-order valence-electron chi connectivity index (χ0n) is 7.28. The molecule has 0 aliphatic heterocycles. The third-order valence-electron chi connectivity index (χ3n) is 1.34. The van der Waals surface area contributed by atoms with Gasteiger partial charge in [0.15, 0.2) is 12.4 Å². The lowest BCUT2D eigenvalue weighted by Crippen LogP contribution is -2.30. The number of hydrogen-bond donors (Lipinski definition) is 2. The maximum atomic E-state index is 10.9. The summed E-state index contributed by atoms with van der Waals surface area (Å²) in [6, 6.07) is 0. The summed E-state index contributed by atoms with van der Waals surface area (Å²) in [5, 5.41) is 17.4. The molecule has 0 saturated carbocycles. The van der Waals surface area contributed by atoms with E-state index in [1.54, 1.807) is 6.92 Å². The van der Waals surface area contributed by atoms with Crippen LogP contribution in [0.1, 0.15) is 20.3 Å². The van der Waals surface area contributed by atoms with E-state index >= 15 is 0 Å². The molecular formula is C8H14O4. The standard InChI is InChI=1S/C8H14O4/c1-4-6(7(9)10)12-8(11)5(2)3/h6-7,9-10H,2,4H2,1,3H3. The number of carbonyl (C=O) groups is 1. The van der Waals surface area contributed by atoms with Gasteiger partial charge >= 0.3 is 5.97 Å². The van der Waals surface area contributed by atoms with Crippen molar-refractivity contribution < 1.29 is 19.7 Å². The van der Waals surface area contributed by atoms with E-state index in [9.17, 15) is 4.79 Å². The maximum absolute atomic E-state index is 10.9. The first-order valence-corrected chi connectivity index (χ1v) is 3.71. The average molecular weight is 174 g/mol. The van der Waals surface area contributed by atoms with Crippen LogP contribution in [-0.4, -0.2) is 28.6 Å². The van der Waals surface area contributed by atoms with Gasteiger partial charge in [0.25, 0.3) is 0 Å². The quantitative estimate of drug-likeness (QED) is 0.363. The number of aliphatic hydroxyl groups is 2. The predicted molar refractivity (Wildman–Crippen MR) is 43.2 cm³/mol. The maximum Gasteiger partial charge on any atom is 0.333 e. The highest BCUT2D eigenvalue weighted by atomic mass is 16.6. The van der Waals surface area contributed by atoms with Crippen LogP contribution in [0.4, 0.5) is 0 Å². The lowest BCUT2D eigenvalue weighted by atomic mass is 10.2. The highest BCUT2D eigenvalue weighted by Gasteiger charge is 2.19. The number of hydrogen-bond acceptors (Lipinski definition) is 4. The van der Waals surface area contributed by atoms with Crippen LogP contribution < -0.4 is 0 Å². The summed E-state index contributed by atoms with van der Waals surface area (Å²) in [6.07, 6.45) is -2.14. The van der Waals surface area contributed by atoms with Crippen LogP contribution in [0.15, 0.2) is 12.2 Å². The molecule has 0 bridgehead atoms. The molecule has 0 radical (unpaired) electrons. The van der Waals surface area contributed by atoms with Gasteiger partial charge in [-0.2, -0.15) is 0 Å². The second-order valence-corrected chi connectivity index (χ2v) is 2.55. The van der Waals surface area contributed by atoms with Crippen LogP contribution in [0, 0.1) is 0 Å². The lowest BCUT2D eigenvalue weighted by molar-refractivity contribution is -0.171. The van der Waals surface area contributed by atoms with Gasteiger partial charge < -0.3 is 14.9 Å². The Morgan fingerprint density at radius 3 is 2.33 bits per heavy atom. The van der Waals surface area contributed by atoms with Crippen molar-refractivity contribution >= 4 is 5.97 Å². The van der Waals surface area contributed by atoms with Crippen molar-refractivity contribution in [3.8, 4) is 0 Å². The monoisotopic (exact) mass is 174 g/mol. The molecule has 0 aromatic carbocycles. The number of rotatable bonds is 4. The fourth-order valence-electron chi connectivity index (χ4n) is 0.593. The second kappa shape index (κ2) is 4.90. The summed E-state index contributed by atoms with van der Waals surface area (Å²) in [7, 11) is 0. The Bertz CT molecular complexity index is 174. The molecule has 0 rings (SSSR count). The molecule has 0 heterocycles. The van der Waals surface area contributed by atoms with Gasteiger partial charge in [-0.1, -0.05) is 13.5 Å². The van der Waals surface area contributed by atoms with E-state index in [1.165, 1.54) is 6.92 Å². The molecule has 1 atom stereocenters. The second-order valence-electron chi connectivity index (χ2n) is 2.55. The van der Waals surface area contributed by atoms with Gasteiger partial charge in [0.05, 0.1) is 0 Å². The number of carbonyl (C=O) groups excluding carboxylic acids is 1. The number of aliphatic hydroxyl groups excluding tert-OH is 1. The predicted octanol–water partition coefficient (Wildman–Crippen LogP) is 0.195. The van der Waals surface area contributed by atoms with E-state index in [4.69, 9.17) is 10.2 Å². The first-order valence-electron chi connectivity index (χ1n) is 3.71. The van der Waals surface area contributed by atoms with Crippen LogP contribution in [0.3, 0.4) is 0 Å². The van der Waals surface area contributed by atoms with E-state index in [0.717, 1.165) is 0 Å². The van der Waals surface area contributed by atoms with Crippen molar-refractivity contribution in [1.82, 2.24) is 0 Å². The summed E-state index contributed by atoms with van der Waals surface area (Å²) in [4.78, 5) is 10.9. The van der Waals surface area contributed by atoms with Crippen LogP contribution >= 0.6 is 0 Å².